The van der Waals surface area contributed by atoms with E-state index in [0.717, 1.165) is 30.3 Å². The first kappa shape index (κ1) is 19.0. The number of methoxy groups -OCH3 is 1. The van der Waals surface area contributed by atoms with Crippen molar-refractivity contribution in [1.29, 1.82) is 0 Å². The van der Waals surface area contributed by atoms with Crippen LogP contribution in [0.3, 0.4) is 0 Å². The molecule has 0 unspecified atom stereocenters. The average Bonchev–Trinajstić information content (AvgIpc) is 2.68. The number of hydrogen-bond acceptors (Lipinski definition) is 5. The Morgan fingerprint density at radius 2 is 1.78 bits per heavy atom. The number of pyridine rings is 1. The summed E-state index contributed by atoms with van der Waals surface area (Å²) >= 11 is 0. The molecule has 0 spiro atoms. The molecule has 27 heavy (non-hydrogen) atoms. The summed E-state index contributed by atoms with van der Waals surface area (Å²) in [5.41, 5.74) is 1.38. The van der Waals surface area contributed by atoms with Crippen molar-refractivity contribution in [1.82, 2.24) is 9.88 Å². The van der Waals surface area contributed by atoms with Crippen molar-refractivity contribution >= 4 is 17.4 Å². The summed E-state index contributed by atoms with van der Waals surface area (Å²) in [5.74, 6) is 1.92. The number of benzene rings is 1. The minimum Gasteiger partial charge on any atom is -0.497 e. The van der Waals surface area contributed by atoms with Gasteiger partial charge in [-0.05, 0) is 56.7 Å². The number of piperazine rings is 1. The molecule has 2 aromatic rings. The summed E-state index contributed by atoms with van der Waals surface area (Å²) in [4.78, 5) is 21.7. The first-order valence-electron chi connectivity index (χ1n) is 9.29. The third-order valence-corrected chi connectivity index (χ3v) is 4.93. The molecule has 1 aromatic carbocycles. The summed E-state index contributed by atoms with van der Waals surface area (Å²) < 4.78 is 5.18. The molecule has 1 aromatic heterocycles. The SMILES string of the molecule is COc1ccc(NC(C)(C)C(=O)N2CCN(c3ncccc3C)CC2)cc1. The Labute approximate surface area is 161 Å². The molecule has 1 fully saturated rings. The lowest BCUT2D eigenvalue weighted by atomic mass is 10.0. The lowest BCUT2D eigenvalue weighted by Gasteiger charge is -2.39. The quantitative estimate of drug-likeness (QED) is 0.879. The van der Waals surface area contributed by atoms with Gasteiger partial charge in [-0.3, -0.25) is 4.79 Å². The number of hydrogen-bond donors (Lipinski definition) is 1. The highest BCUT2D eigenvalue weighted by molar-refractivity contribution is 5.88. The van der Waals surface area contributed by atoms with Gasteiger partial charge in [0.15, 0.2) is 0 Å². The highest BCUT2D eigenvalue weighted by atomic mass is 16.5. The summed E-state index contributed by atoms with van der Waals surface area (Å²) in [5, 5.41) is 3.35. The lowest BCUT2D eigenvalue weighted by Crippen LogP contribution is -2.56. The van der Waals surface area contributed by atoms with Gasteiger partial charge in [0.25, 0.3) is 0 Å². The molecule has 1 aliphatic heterocycles. The minimum atomic E-state index is -0.683. The summed E-state index contributed by atoms with van der Waals surface area (Å²) in [6.07, 6.45) is 1.82. The zero-order valence-electron chi connectivity index (χ0n) is 16.5. The second kappa shape index (κ2) is 7.86. The number of ether oxygens (including phenoxy) is 1. The van der Waals surface area contributed by atoms with Gasteiger partial charge in [0.05, 0.1) is 7.11 Å². The molecule has 144 valence electrons. The van der Waals surface area contributed by atoms with Gasteiger partial charge in [0.2, 0.25) is 5.91 Å². The zero-order valence-corrected chi connectivity index (χ0v) is 16.5. The second-order valence-corrected chi connectivity index (χ2v) is 7.40. The van der Waals surface area contributed by atoms with E-state index in [0.29, 0.717) is 13.1 Å². The summed E-state index contributed by atoms with van der Waals surface area (Å²) in [6.45, 7) is 8.90. The predicted octanol–water partition coefficient (Wildman–Crippen LogP) is 2.94. The number of carbonyl (C=O) groups excluding carboxylic acids is 1. The Bertz CT molecular complexity index is 781. The van der Waals surface area contributed by atoms with Crippen LogP contribution in [0.4, 0.5) is 11.5 Å². The number of anilines is 2. The van der Waals surface area contributed by atoms with Crippen molar-refractivity contribution in [2.75, 3.05) is 43.5 Å². The van der Waals surface area contributed by atoms with Gasteiger partial charge < -0.3 is 19.9 Å². The molecule has 1 amide bonds. The van der Waals surface area contributed by atoms with E-state index in [9.17, 15) is 4.79 Å². The van der Waals surface area contributed by atoms with Gasteiger partial charge in [-0.25, -0.2) is 4.98 Å². The molecule has 2 heterocycles. The molecule has 0 atom stereocenters. The molecule has 1 aliphatic rings. The first-order valence-corrected chi connectivity index (χ1v) is 9.29. The van der Waals surface area contributed by atoms with E-state index in [1.807, 2.05) is 55.3 Å². The predicted molar refractivity (Wildman–Crippen MR) is 108 cm³/mol. The minimum absolute atomic E-state index is 0.107. The number of aryl methyl sites for hydroxylation is 1. The van der Waals surface area contributed by atoms with Crippen LogP contribution in [0.5, 0.6) is 5.75 Å². The number of aromatic nitrogens is 1. The Hall–Kier alpha value is -2.76. The van der Waals surface area contributed by atoms with Gasteiger partial charge in [-0.2, -0.15) is 0 Å². The normalized spacial score (nSPS) is 14.8. The number of nitrogens with zero attached hydrogens (tertiary/aromatic N) is 3. The van der Waals surface area contributed by atoms with Crippen molar-refractivity contribution in [3.8, 4) is 5.75 Å². The summed E-state index contributed by atoms with van der Waals surface area (Å²) in [7, 11) is 1.64. The molecule has 0 bridgehead atoms. The highest BCUT2D eigenvalue weighted by Crippen LogP contribution is 2.22. The van der Waals surface area contributed by atoms with E-state index in [1.54, 1.807) is 7.11 Å². The van der Waals surface area contributed by atoms with Crippen LogP contribution in [-0.2, 0) is 4.79 Å². The van der Waals surface area contributed by atoms with Crippen LogP contribution in [0.1, 0.15) is 19.4 Å². The van der Waals surface area contributed by atoms with E-state index >= 15 is 0 Å². The fourth-order valence-corrected chi connectivity index (χ4v) is 3.41. The number of nitrogens with one attached hydrogen (secondary N) is 1. The van der Waals surface area contributed by atoms with Crippen LogP contribution in [0, 0.1) is 6.92 Å². The number of rotatable bonds is 5. The van der Waals surface area contributed by atoms with E-state index < -0.39 is 5.54 Å². The molecule has 1 saturated heterocycles. The molecule has 0 radical (unpaired) electrons. The fourth-order valence-electron chi connectivity index (χ4n) is 3.41. The largest absolute Gasteiger partial charge is 0.497 e. The Kier molecular flexibility index (Phi) is 5.54. The van der Waals surface area contributed by atoms with Crippen molar-refractivity contribution < 1.29 is 9.53 Å². The summed E-state index contributed by atoms with van der Waals surface area (Å²) in [6, 6.07) is 11.6. The number of carbonyl (C=O) groups is 1. The average molecular weight is 368 g/mol. The van der Waals surface area contributed by atoms with Crippen LogP contribution in [0.25, 0.3) is 0 Å². The van der Waals surface area contributed by atoms with Crippen LogP contribution in [0.2, 0.25) is 0 Å². The molecular weight excluding hydrogens is 340 g/mol. The topological polar surface area (TPSA) is 57.7 Å². The maximum atomic E-state index is 13.1. The van der Waals surface area contributed by atoms with Crippen molar-refractivity contribution in [2.24, 2.45) is 0 Å². The Balaban J connectivity index is 1.61. The van der Waals surface area contributed by atoms with Crippen LogP contribution in [0.15, 0.2) is 42.6 Å². The third kappa shape index (κ3) is 4.32. The maximum Gasteiger partial charge on any atom is 0.247 e. The van der Waals surface area contributed by atoms with Crippen molar-refractivity contribution in [2.45, 2.75) is 26.3 Å². The van der Waals surface area contributed by atoms with Crippen LogP contribution < -0.4 is 15.0 Å². The molecule has 0 saturated carbocycles. The smallest absolute Gasteiger partial charge is 0.247 e. The van der Waals surface area contributed by atoms with E-state index in [2.05, 4.69) is 28.2 Å². The molecule has 3 rings (SSSR count). The van der Waals surface area contributed by atoms with Gasteiger partial charge in [0, 0.05) is 38.1 Å². The van der Waals surface area contributed by atoms with Crippen LogP contribution >= 0.6 is 0 Å². The van der Waals surface area contributed by atoms with E-state index in [-0.39, 0.29) is 5.91 Å². The van der Waals surface area contributed by atoms with Crippen molar-refractivity contribution in [3.05, 3.63) is 48.2 Å². The fraction of sp³-hybridized carbons (Fsp3) is 0.429. The third-order valence-electron chi connectivity index (χ3n) is 4.93. The Morgan fingerprint density at radius 1 is 1.11 bits per heavy atom. The standard InChI is InChI=1S/C21H28N4O2/c1-16-6-5-11-22-19(16)24-12-14-25(15-13-24)20(26)21(2,3)23-17-7-9-18(27-4)10-8-17/h5-11,23H,12-15H2,1-4H3. The molecule has 6 nitrogen and oxygen atoms in total. The zero-order chi connectivity index (χ0) is 19.4. The molecular formula is C21H28N4O2. The first-order chi connectivity index (χ1) is 12.9. The van der Waals surface area contributed by atoms with Crippen LogP contribution in [-0.4, -0.2) is 54.6 Å². The van der Waals surface area contributed by atoms with Gasteiger partial charge in [0.1, 0.15) is 17.1 Å². The van der Waals surface area contributed by atoms with Gasteiger partial charge in [-0.15, -0.1) is 0 Å². The van der Waals surface area contributed by atoms with Crippen molar-refractivity contribution in [3.63, 3.8) is 0 Å². The lowest BCUT2D eigenvalue weighted by molar-refractivity contribution is -0.135. The molecule has 6 heteroatoms. The molecule has 0 aliphatic carbocycles. The maximum absolute atomic E-state index is 13.1. The highest BCUT2D eigenvalue weighted by Gasteiger charge is 2.34. The monoisotopic (exact) mass is 368 g/mol. The number of amides is 1. The molecule has 1 N–H and O–H groups in total. The van der Waals surface area contributed by atoms with Gasteiger partial charge >= 0.3 is 0 Å². The van der Waals surface area contributed by atoms with Gasteiger partial charge in [-0.1, -0.05) is 6.07 Å². The Morgan fingerprint density at radius 3 is 2.37 bits per heavy atom. The van der Waals surface area contributed by atoms with E-state index in [1.165, 1.54) is 5.56 Å². The second-order valence-electron chi connectivity index (χ2n) is 7.40. The van der Waals surface area contributed by atoms with E-state index in [4.69, 9.17) is 4.74 Å².